The average molecular weight is 305 g/mol. The normalized spacial score (nSPS) is 25.4. The predicted molar refractivity (Wildman–Crippen MR) is 70.0 cm³/mol. The Morgan fingerprint density at radius 3 is 2.56 bits per heavy atom. The molecule has 1 aromatic carbocycles. The van der Waals surface area contributed by atoms with E-state index in [4.69, 9.17) is 22.1 Å². The number of nitrogens with two attached hydrogens (primary N) is 1. The first-order chi connectivity index (χ1) is 7.65. The van der Waals surface area contributed by atoms with Gasteiger partial charge in [-0.05, 0) is 59.8 Å². The lowest BCUT2D eigenvalue weighted by atomic mass is 9.94. The highest BCUT2D eigenvalue weighted by molar-refractivity contribution is 9.10. The molecule has 0 heterocycles. The summed E-state index contributed by atoms with van der Waals surface area (Å²) in [6, 6.07) is 5.95. The maximum Gasteiger partial charge on any atom is 0.133 e. The summed E-state index contributed by atoms with van der Waals surface area (Å²) in [5.74, 6) is 0.866. The lowest BCUT2D eigenvalue weighted by molar-refractivity contribution is 0.146. The first-order valence-electron chi connectivity index (χ1n) is 5.52. The molecule has 88 valence electrons. The van der Waals surface area contributed by atoms with Crippen LogP contribution in [0.5, 0.6) is 5.75 Å². The van der Waals surface area contributed by atoms with Crippen molar-refractivity contribution >= 4 is 27.5 Å². The van der Waals surface area contributed by atoms with Crippen LogP contribution in [0.1, 0.15) is 25.7 Å². The maximum atomic E-state index is 5.93. The van der Waals surface area contributed by atoms with Crippen molar-refractivity contribution in [1.29, 1.82) is 0 Å². The summed E-state index contributed by atoms with van der Waals surface area (Å²) in [7, 11) is 0. The minimum absolute atomic E-state index is 0.289. The average Bonchev–Trinajstić information content (AvgIpc) is 2.25. The molecule has 4 heteroatoms. The van der Waals surface area contributed by atoms with Crippen molar-refractivity contribution in [3.8, 4) is 5.75 Å². The molecule has 0 unspecified atom stereocenters. The van der Waals surface area contributed by atoms with Crippen molar-refractivity contribution in [1.82, 2.24) is 0 Å². The van der Waals surface area contributed by atoms with Crippen molar-refractivity contribution in [2.75, 3.05) is 0 Å². The van der Waals surface area contributed by atoms with Crippen LogP contribution in [-0.2, 0) is 0 Å². The lowest BCUT2D eigenvalue weighted by Crippen LogP contribution is -2.31. The molecule has 1 fully saturated rings. The Labute approximate surface area is 109 Å². The summed E-state index contributed by atoms with van der Waals surface area (Å²) in [4.78, 5) is 0. The molecule has 0 amide bonds. The topological polar surface area (TPSA) is 35.2 Å². The Balaban J connectivity index is 1.98. The molecular weight excluding hydrogens is 289 g/mol. The third kappa shape index (κ3) is 3.12. The number of hydrogen-bond acceptors (Lipinski definition) is 2. The van der Waals surface area contributed by atoms with Gasteiger partial charge in [0, 0.05) is 11.1 Å². The van der Waals surface area contributed by atoms with Gasteiger partial charge in [0.2, 0.25) is 0 Å². The van der Waals surface area contributed by atoms with Crippen molar-refractivity contribution in [3.05, 3.63) is 27.7 Å². The Hall–Kier alpha value is -0.250. The first-order valence-corrected chi connectivity index (χ1v) is 6.69. The minimum Gasteiger partial charge on any atom is -0.489 e. The highest BCUT2D eigenvalue weighted by Crippen LogP contribution is 2.31. The molecule has 0 saturated heterocycles. The Morgan fingerprint density at radius 2 is 1.94 bits per heavy atom. The van der Waals surface area contributed by atoms with Crippen LogP contribution in [-0.4, -0.2) is 12.1 Å². The molecular formula is C12H15BrClNO. The van der Waals surface area contributed by atoms with E-state index in [-0.39, 0.29) is 6.10 Å². The molecule has 0 radical (unpaired) electrons. The summed E-state index contributed by atoms with van der Waals surface area (Å²) in [5.41, 5.74) is 5.86. The maximum absolute atomic E-state index is 5.93. The second-order valence-corrected chi connectivity index (χ2v) is 5.52. The van der Waals surface area contributed by atoms with E-state index in [9.17, 15) is 0 Å². The quantitative estimate of drug-likeness (QED) is 0.903. The molecule has 1 aromatic rings. The fraction of sp³-hybridized carbons (Fsp3) is 0.500. The predicted octanol–water partition coefficient (Wildman–Crippen LogP) is 3.75. The van der Waals surface area contributed by atoms with Gasteiger partial charge in [-0.2, -0.15) is 0 Å². The van der Waals surface area contributed by atoms with Crippen molar-refractivity contribution in [2.45, 2.75) is 37.8 Å². The molecule has 2 nitrogen and oxygen atoms in total. The SMILES string of the molecule is NC1CCC(Oc2ccc(Cl)cc2Br)CC1. The summed E-state index contributed by atoms with van der Waals surface area (Å²) in [5, 5.41) is 0.713. The molecule has 2 rings (SSSR count). The zero-order valence-electron chi connectivity index (χ0n) is 8.96. The highest BCUT2D eigenvalue weighted by atomic mass is 79.9. The largest absolute Gasteiger partial charge is 0.489 e. The zero-order chi connectivity index (χ0) is 11.5. The van der Waals surface area contributed by atoms with E-state index >= 15 is 0 Å². The Morgan fingerprint density at radius 1 is 1.25 bits per heavy atom. The monoisotopic (exact) mass is 303 g/mol. The van der Waals surface area contributed by atoms with Crippen molar-refractivity contribution in [2.24, 2.45) is 5.73 Å². The fourth-order valence-corrected chi connectivity index (χ4v) is 2.73. The Kier molecular flexibility index (Phi) is 4.11. The first kappa shape index (κ1) is 12.2. The minimum atomic E-state index is 0.289. The summed E-state index contributed by atoms with van der Waals surface area (Å²) in [6.07, 6.45) is 4.47. The molecule has 0 aromatic heterocycles. The number of benzene rings is 1. The summed E-state index contributed by atoms with van der Waals surface area (Å²) < 4.78 is 6.84. The number of rotatable bonds is 2. The smallest absolute Gasteiger partial charge is 0.133 e. The van der Waals surface area contributed by atoms with Gasteiger partial charge in [0.1, 0.15) is 5.75 Å². The van der Waals surface area contributed by atoms with Crippen LogP contribution in [0.15, 0.2) is 22.7 Å². The third-order valence-electron chi connectivity index (χ3n) is 2.91. The standard InChI is InChI=1S/C12H15BrClNO/c13-11-7-8(14)1-6-12(11)16-10-4-2-9(15)3-5-10/h1,6-7,9-10H,2-5,15H2. The van der Waals surface area contributed by atoms with Crippen LogP contribution in [0, 0.1) is 0 Å². The van der Waals surface area contributed by atoms with Gasteiger partial charge in [0.25, 0.3) is 0 Å². The van der Waals surface area contributed by atoms with Gasteiger partial charge in [0.05, 0.1) is 10.6 Å². The van der Waals surface area contributed by atoms with E-state index < -0.39 is 0 Å². The fourth-order valence-electron chi connectivity index (χ4n) is 1.96. The van der Waals surface area contributed by atoms with Gasteiger partial charge in [-0.15, -0.1) is 0 Å². The van der Waals surface area contributed by atoms with E-state index in [0.29, 0.717) is 11.1 Å². The van der Waals surface area contributed by atoms with Crippen LogP contribution >= 0.6 is 27.5 Å². The van der Waals surface area contributed by atoms with Crippen LogP contribution < -0.4 is 10.5 Å². The highest BCUT2D eigenvalue weighted by Gasteiger charge is 2.20. The van der Waals surface area contributed by atoms with Gasteiger partial charge in [-0.25, -0.2) is 0 Å². The van der Waals surface area contributed by atoms with Crippen molar-refractivity contribution in [3.63, 3.8) is 0 Å². The van der Waals surface area contributed by atoms with E-state index in [0.717, 1.165) is 35.9 Å². The second-order valence-electron chi connectivity index (χ2n) is 4.23. The van der Waals surface area contributed by atoms with Gasteiger partial charge < -0.3 is 10.5 Å². The Bertz CT molecular complexity index is 364. The van der Waals surface area contributed by atoms with E-state index in [1.54, 1.807) is 0 Å². The molecule has 0 aliphatic heterocycles. The number of hydrogen-bond donors (Lipinski definition) is 1. The lowest BCUT2D eigenvalue weighted by Gasteiger charge is -2.27. The van der Waals surface area contributed by atoms with Crippen LogP contribution in [0.4, 0.5) is 0 Å². The number of ether oxygens (including phenoxy) is 1. The van der Waals surface area contributed by atoms with E-state index in [1.807, 2.05) is 18.2 Å². The zero-order valence-corrected chi connectivity index (χ0v) is 11.3. The van der Waals surface area contributed by atoms with Gasteiger partial charge in [-0.1, -0.05) is 11.6 Å². The molecule has 16 heavy (non-hydrogen) atoms. The second kappa shape index (κ2) is 5.39. The van der Waals surface area contributed by atoms with Gasteiger partial charge in [-0.3, -0.25) is 0 Å². The summed E-state index contributed by atoms with van der Waals surface area (Å²) in [6.45, 7) is 0. The molecule has 0 spiro atoms. The van der Waals surface area contributed by atoms with Gasteiger partial charge in [0.15, 0.2) is 0 Å². The molecule has 1 saturated carbocycles. The third-order valence-corrected chi connectivity index (χ3v) is 3.76. The molecule has 1 aliphatic rings. The summed E-state index contributed by atoms with van der Waals surface area (Å²) >= 11 is 9.33. The molecule has 2 N–H and O–H groups in total. The van der Waals surface area contributed by atoms with Crippen LogP contribution in [0.25, 0.3) is 0 Å². The molecule has 1 aliphatic carbocycles. The van der Waals surface area contributed by atoms with Crippen LogP contribution in [0.3, 0.4) is 0 Å². The van der Waals surface area contributed by atoms with Gasteiger partial charge >= 0.3 is 0 Å². The molecule has 0 atom stereocenters. The van der Waals surface area contributed by atoms with Crippen LogP contribution in [0.2, 0.25) is 5.02 Å². The van der Waals surface area contributed by atoms with E-state index in [1.165, 1.54) is 0 Å². The number of halogens is 2. The molecule has 0 bridgehead atoms. The van der Waals surface area contributed by atoms with Crippen molar-refractivity contribution < 1.29 is 4.74 Å². The van der Waals surface area contributed by atoms with E-state index in [2.05, 4.69) is 15.9 Å².